The summed E-state index contributed by atoms with van der Waals surface area (Å²) < 4.78 is 26.2. The van der Waals surface area contributed by atoms with E-state index in [2.05, 4.69) is 20.6 Å². The fourth-order valence-corrected chi connectivity index (χ4v) is 3.25. The summed E-state index contributed by atoms with van der Waals surface area (Å²) in [7, 11) is -3.19. The van der Waals surface area contributed by atoms with Crippen LogP contribution in [0.2, 0.25) is 0 Å². The predicted molar refractivity (Wildman–Crippen MR) is 91.2 cm³/mol. The summed E-state index contributed by atoms with van der Waals surface area (Å²) in [5.74, 6) is -1.76. The van der Waals surface area contributed by atoms with Crippen LogP contribution in [0, 0.1) is 13.8 Å². The van der Waals surface area contributed by atoms with E-state index in [0.717, 1.165) is 0 Å². The van der Waals surface area contributed by atoms with Crippen LogP contribution in [0.25, 0.3) is 0 Å². The smallest absolute Gasteiger partial charge is 0.351 e. The molecular formula is C14H21N5O5S. The molecular weight excluding hydrogens is 350 g/mol. The Bertz CT molecular complexity index is 784. The average Bonchev–Trinajstić information content (AvgIpc) is 2.43. The highest BCUT2D eigenvalue weighted by molar-refractivity contribution is 7.94. The number of rotatable bonds is 7. The Kier molecular flexibility index (Phi) is 6.86. The minimum Gasteiger partial charge on any atom is -0.477 e. The molecule has 10 nitrogen and oxygen atoms in total. The highest BCUT2D eigenvalue weighted by Gasteiger charge is 2.30. The summed E-state index contributed by atoms with van der Waals surface area (Å²) in [6.07, 6.45) is 0.714. The van der Waals surface area contributed by atoms with Gasteiger partial charge in [-0.05, 0) is 26.3 Å². The number of aryl methyl sites for hydroxylation is 2. The monoisotopic (exact) mass is 371 g/mol. The van der Waals surface area contributed by atoms with Crippen LogP contribution in [0.1, 0.15) is 31.2 Å². The second-order valence-electron chi connectivity index (χ2n) is 5.15. The van der Waals surface area contributed by atoms with Crippen LogP contribution >= 0.6 is 0 Å². The van der Waals surface area contributed by atoms with Gasteiger partial charge in [0.05, 0.1) is 0 Å². The largest absolute Gasteiger partial charge is 0.477 e. The van der Waals surface area contributed by atoms with Gasteiger partial charge in [0, 0.05) is 24.1 Å². The molecule has 0 fully saturated rings. The molecule has 25 heavy (non-hydrogen) atoms. The number of carboxylic acid groups (broad SMARTS) is 1. The second kappa shape index (κ2) is 8.42. The van der Waals surface area contributed by atoms with Crippen LogP contribution in [0.4, 0.5) is 10.7 Å². The molecule has 1 aromatic rings. The standard InChI is InChI=1S/C14H21N5O5S/c1-5-6-10(15-4)11(12(20)21)25(23,24)19-14(22)18-13-16-8(2)7-9(3)17-13/h7,15H,5-6H2,1-4H3,(H,20,21)(H2,16,17,18,19,22). The Labute approximate surface area is 145 Å². The molecule has 0 saturated carbocycles. The van der Waals surface area contributed by atoms with Crippen molar-refractivity contribution in [1.29, 1.82) is 0 Å². The zero-order valence-corrected chi connectivity index (χ0v) is 15.2. The third-order valence-corrected chi connectivity index (χ3v) is 4.39. The fourth-order valence-electron chi connectivity index (χ4n) is 2.09. The number of aliphatic carboxylic acids is 1. The highest BCUT2D eigenvalue weighted by Crippen LogP contribution is 2.14. The lowest BCUT2D eigenvalue weighted by atomic mass is 10.2. The van der Waals surface area contributed by atoms with Gasteiger partial charge in [-0.25, -0.2) is 32.7 Å². The van der Waals surface area contributed by atoms with Gasteiger partial charge in [0.2, 0.25) is 5.95 Å². The van der Waals surface area contributed by atoms with Gasteiger partial charge in [-0.2, -0.15) is 0 Å². The van der Waals surface area contributed by atoms with Crippen molar-refractivity contribution in [3.05, 3.63) is 28.1 Å². The fraction of sp³-hybridized carbons (Fsp3) is 0.429. The molecule has 0 aliphatic carbocycles. The minimum atomic E-state index is -4.59. The third kappa shape index (κ3) is 5.71. The quantitative estimate of drug-likeness (QED) is 0.515. The SMILES string of the molecule is CCCC(NC)=C(C(=O)O)S(=O)(=O)NC(=O)Nc1nc(C)cc(C)n1. The molecule has 0 aliphatic heterocycles. The minimum absolute atomic E-state index is 0.00190. The van der Waals surface area contributed by atoms with E-state index in [4.69, 9.17) is 0 Å². The number of aromatic nitrogens is 2. The van der Waals surface area contributed by atoms with Crippen molar-refractivity contribution < 1.29 is 23.1 Å². The van der Waals surface area contributed by atoms with Gasteiger partial charge in [-0.1, -0.05) is 13.3 Å². The van der Waals surface area contributed by atoms with Crippen LogP contribution < -0.4 is 15.4 Å². The van der Waals surface area contributed by atoms with E-state index in [1.807, 2.05) is 0 Å². The van der Waals surface area contributed by atoms with Gasteiger partial charge in [0.15, 0.2) is 4.91 Å². The summed E-state index contributed by atoms with van der Waals surface area (Å²) in [5, 5.41) is 14.0. The maximum Gasteiger partial charge on any atom is 0.351 e. The van der Waals surface area contributed by atoms with E-state index in [0.29, 0.717) is 17.8 Å². The molecule has 0 aliphatic rings. The number of sulfonamides is 1. The molecule has 0 aromatic carbocycles. The van der Waals surface area contributed by atoms with Gasteiger partial charge >= 0.3 is 12.0 Å². The van der Waals surface area contributed by atoms with Crippen LogP contribution in [0.15, 0.2) is 16.7 Å². The van der Waals surface area contributed by atoms with E-state index in [9.17, 15) is 23.1 Å². The van der Waals surface area contributed by atoms with Crippen molar-refractivity contribution >= 4 is 28.0 Å². The number of carbonyl (C=O) groups excluding carboxylic acids is 1. The van der Waals surface area contributed by atoms with Crippen molar-refractivity contribution in [3.8, 4) is 0 Å². The van der Waals surface area contributed by atoms with Crippen molar-refractivity contribution in [2.45, 2.75) is 33.6 Å². The van der Waals surface area contributed by atoms with Crippen molar-refractivity contribution in [1.82, 2.24) is 20.0 Å². The molecule has 11 heteroatoms. The first-order chi connectivity index (χ1) is 11.6. The molecule has 1 rings (SSSR count). The van der Waals surface area contributed by atoms with Crippen molar-refractivity contribution in [2.24, 2.45) is 0 Å². The lowest BCUT2D eigenvalue weighted by Crippen LogP contribution is -2.38. The molecule has 0 spiro atoms. The molecule has 1 aromatic heterocycles. The van der Waals surface area contributed by atoms with Crippen molar-refractivity contribution in [3.63, 3.8) is 0 Å². The average molecular weight is 371 g/mol. The number of nitrogens with one attached hydrogen (secondary N) is 3. The predicted octanol–water partition coefficient (Wildman–Crippen LogP) is 0.860. The molecule has 0 unspecified atom stereocenters. The number of urea groups is 1. The number of anilines is 1. The Hall–Kier alpha value is -2.69. The first kappa shape index (κ1) is 20.4. The molecule has 1 heterocycles. The van der Waals surface area contributed by atoms with E-state index in [1.54, 1.807) is 31.6 Å². The van der Waals surface area contributed by atoms with E-state index in [1.165, 1.54) is 7.05 Å². The number of hydrogen-bond donors (Lipinski definition) is 4. The van der Waals surface area contributed by atoms with E-state index >= 15 is 0 Å². The zero-order chi connectivity index (χ0) is 19.2. The van der Waals surface area contributed by atoms with Crippen LogP contribution in [0.5, 0.6) is 0 Å². The molecule has 0 saturated heterocycles. The maximum atomic E-state index is 12.3. The van der Waals surface area contributed by atoms with Crippen molar-refractivity contribution in [2.75, 3.05) is 12.4 Å². The van der Waals surface area contributed by atoms with Gasteiger partial charge in [0.1, 0.15) is 0 Å². The molecule has 0 radical (unpaired) electrons. The number of carbonyl (C=O) groups is 2. The first-order valence-electron chi connectivity index (χ1n) is 7.41. The lowest BCUT2D eigenvalue weighted by Gasteiger charge is -2.13. The topological polar surface area (TPSA) is 150 Å². The summed E-state index contributed by atoms with van der Waals surface area (Å²) in [6.45, 7) is 5.13. The van der Waals surface area contributed by atoms with Crippen LogP contribution in [0.3, 0.4) is 0 Å². The Morgan fingerprint density at radius 2 is 1.76 bits per heavy atom. The Balaban J connectivity index is 3.08. The van der Waals surface area contributed by atoms with Crippen LogP contribution in [-0.2, 0) is 14.8 Å². The molecule has 2 amide bonds. The Morgan fingerprint density at radius 3 is 2.20 bits per heavy atom. The van der Waals surface area contributed by atoms with Gasteiger partial charge in [-0.15, -0.1) is 0 Å². The summed E-state index contributed by atoms with van der Waals surface area (Å²) in [5.41, 5.74) is 1.16. The second-order valence-corrected chi connectivity index (χ2v) is 6.77. The number of allylic oxidation sites excluding steroid dienone is 1. The van der Waals surface area contributed by atoms with Gasteiger partial charge in [0.25, 0.3) is 10.0 Å². The van der Waals surface area contributed by atoms with Gasteiger partial charge < -0.3 is 10.4 Å². The van der Waals surface area contributed by atoms with E-state index in [-0.39, 0.29) is 18.1 Å². The summed E-state index contributed by atoms with van der Waals surface area (Å²) in [4.78, 5) is 30.3. The normalized spacial score (nSPS) is 12.2. The number of carboxylic acids is 1. The number of amides is 2. The molecule has 4 N–H and O–H groups in total. The van der Waals surface area contributed by atoms with E-state index < -0.39 is 26.9 Å². The first-order valence-corrected chi connectivity index (χ1v) is 8.89. The number of hydrogen-bond acceptors (Lipinski definition) is 7. The van der Waals surface area contributed by atoms with Gasteiger partial charge in [-0.3, -0.25) is 5.32 Å². The lowest BCUT2D eigenvalue weighted by molar-refractivity contribution is -0.131. The summed E-state index contributed by atoms with van der Waals surface area (Å²) >= 11 is 0. The van der Waals surface area contributed by atoms with Crippen LogP contribution in [-0.4, -0.2) is 42.5 Å². The number of nitrogens with zero attached hydrogens (tertiary/aromatic N) is 2. The zero-order valence-electron chi connectivity index (χ0n) is 14.4. The maximum absolute atomic E-state index is 12.3. The highest BCUT2D eigenvalue weighted by atomic mass is 32.2. The molecule has 138 valence electrons. The molecule has 0 bridgehead atoms. The third-order valence-electron chi connectivity index (χ3n) is 2.97. The molecule has 0 atom stereocenters. The summed E-state index contributed by atoms with van der Waals surface area (Å²) in [6, 6.07) is 0.519. The Morgan fingerprint density at radius 1 is 1.20 bits per heavy atom.